The summed E-state index contributed by atoms with van der Waals surface area (Å²) in [6.45, 7) is 1.83. The van der Waals surface area contributed by atoms with Crippen LogP contribution in [0.2, 0.25) is 0 Å². The van der Waals surface area contributed by atoms with Crippen molar-refractivity contribution in [3.05, 3.63) is 34.9 Å². The first-order valence-electron chi connectivity index (χ1n) is 4.55. The quantitative estimate of drug-likeness (QED) is 0.714. The van der Waals surface area contributed by atoms with Gasteiger partial charge in [-0.05, 0) is 24.1 Å². The number of aliphatic carboxylic acids is 1. The zero-order valence-corrected chi connectivity index (χ0v) is 8.45. The van der Waals surface area contributed by atoms with Gasteiger partial charge in [0.1, 0.15) is 6.42 Å². The van der Waals surface area contributed by atoms with Gasteiger partial charge in [0.15, 0.2) is 0 Å². The molecule has 0 heterocycles. The standard InChI is InChI=1S/C12H12O3/c1-9-10(5-3-7-12(14)15)4-2-6-11(9)8-13/h2,4,6,13H,7-8H2,1H3,(H,14,15). The second-order valence-electron chi connectivity index (χ2n) is 3.12. The molecule has 15 heavy (non-hydrogen) atoms. The maximum atomic E-state index is 10.3. The Morgan fingerprint density at radius 1 is 1.47 bits per heavy atom. The third kappa shape index (κ3) is 3.12. The van der Waals surface area contributed by atoms with Gasteiger partial charge in [-0.15, -0.1) is 0 Å². The molecule has 1 aromatic carbocycles. The van der Waals surface area contributed by atoms with E-state index in [9.17, 15) is 4.79 Å². The monoisotopic (exact) mass is 204 g/mol. The van der Waals surface area contributed by atoms with Gasteiger partial charge in [-0.25, -0.2) is 0 Å². The average Bonchev–Trinajstić information content (AvgIpc) is 2.20. The smallest absolute Gasteiger partial charge is 0.315 e. The molecule has 0 aliphatic heterocycles. The van der Waals surface area contributed by atoms with Crippen LogP contribution >= 0.6 is 0 Å². The molecule has 1 rings (SSSR count). The van der Waals surface area contributed by atoms with Crippen molar-refractivity contribution in [2.45, 2.75) is 20.0 Å². The van der Waals surface area contributed by atoms with Crippen molar-refractivity contribution in [2.24, 2.45) is 0 Å². The lowest BCUT2D eigenvalue weighted by Crippen LogP contribution is -1.93. The summed E-state index contributed by atoms with van der Waals surface area (Å²) in [6.07, 6.45) is -0.164. The molecule has 0 bridgehead atoms. The van der Waals surface area contributed by atoms with Gasteiger partial charge in [0.2, 0.25) is 0 Å². The fourth-order valence-corrected chi connectivity index (χ4v) is 1.21. The fourth-order valence-electron chi connectivity index (χ4n) is 1.21. The zero-order valence-electron chi connectivity index (χ0n) is 8.45. The fraction of sp³-hybridized carbons (Fsp3) is 0.250. The van der Waals surface area contributed by atoms with Crippen LogP contribution in [0, 0.1) is 18.8 Å². The normalized spacial score (nSPS) is 9.20. The SMILES string of the molecule is Cc1c(C#CCC(=O)O)cccc1CO. The van der Waals surface area contributed by atoms with Crippen molar-refractivity contribution < 1.29 is 15.0 Å². The molecule has 0 atom stereocenters. The van der Waals surface area contributed by atoms with Crippen LogP contribution in [0.4, 0.5) is 0 Å². The van der Waals surface area contributed by atoms with Crippen molar-refractivity contribution in [3.8, 4) is 11.8 Å². The minimum atomic E-state index is -0.932. The van der Waals surface area contributed by atoms with Crippen LogP contribution in [-0.4, -0.2) is 16.2 Å². The van der Waals surface area contributed by atoms with Crippen molar-refractivity contribution in [2.75, 3.05) is 0 Å². The lowest BCUT2D eigenvalue weighted by atomic mass is 10.0. The molecule has 0 aliphatic carbocycles. The van der Waals surface area contributed by atoms with Crippen LogP contribution in [0.25, 0.3) is 0 Å². The number of carboxylic acid groups (broad SMARTS) is 1. The van der Waals surface area contributed by atoms with Gasteiger partial charge in [0, 0.05) is 5.56 Å². The Morgan fingerprint density at radius 2 is 2.20 bits per heavy atom. The minimum Gasteiger partial charge on any atom is -0.481 e. The number of aliphatic hydroxyl groups excluding tert-OH is 1. The second-order valence-corrected chi connectivity index (χ2v) is 3.12. The highest BCUT2D eigenvalue weighted by atomic mass is 16.4. The van der Waals surface area contributed by atoms with Gasteiger partial charge in [-0.1, -0.05) is 24.0 Å². The Morgan fingerprint density at radius 3 is 2.80 bits per heavy atom. The number of hydrogen-bond acceptors (Lipinski definition) is 2. The molecule has 0 spiro atoms. The van der Waals surface area contributed by atoms with Crippen LogP contribution in [0.15, 0.2) is 18.2 Å². The maximum Gasteiger partial charge on any atom is 0.315 e. The Kier molecular flexibility index (Phi) is 3.90. The lowest BCUT2D eigenvalue weighted by Gasteiger charge is -2.03. The summed E-state index contributed by atoms with van der Waals surface area (Å²) in [4.78, 5) is 10.3. The Balaban J connectivity index is 2.93. The third-order valence-electron chi connectivity index (χ3n) is 2.08. The number of aliphatic hydroxyl groups is 1. The molecule has 0 unspecified atom stereocenters. The number of carbonyl (C=O) groups is 1. The van der Waals surface area contributed by atoms with Gasteiger partial charge in [-0.2, -0.15) is 0 Å². The summed E-state index contributed by atoms with van der Waals surface area (Å²) in [6, 6.07) is 5.42. The first-order valence-corrected chi connectivity index (χ1v) is 4.55. The van der Waals surface area contributed by atoms with Gasteiger partial charge >= 0.3 is 5.97 Å². The molecule has 0 aromatic heterocycles. The molecule has 2 N–H and O–H groups in total. The molecule has 0 saturated heterocycles. The van der Waals surface area contributed by atoms with Crippen LogP contribution in [0.1, 0.15) is 23.1 Å². The van der Waals surface area contributed by atoms with E-state index in [1.807, 2.05) is 19.1 Å². The molecule has 0 aliphatic rings. The summed E-state index contributed by atoms with van der Waals surface area (Å²) in [7, 11) is 0. The molecule has 1 aromatic rings. The van der Waals surface area contributed by atoms with E-state index in [2.05, 4.69) is 11.8 Å². The average molecular weight is 204 g/mol. The van der Waals surface area contributed by atoms with Crippen LogP contribution < -0.4 is 0 Å². The van der Waals surface area contributed by atoms with Gasteiger partial charge in [0.25, 0.3) is 0 Å². The molecule has 3 heteroatoms. The molecule has 0 amide bonds. The van der Waals surface area contributed by atoms with E-state index >= 15 is 0 Å². The van der Waals surface area contributed by atoms with E-state index in [0.717, 1.165) is 16.7 Å². The molecule has 0 fully saturated rings. The van der Waals surface area contributed by atoms with Crippen LogP contribution in [-0.2, 0) is 11.4 Å². The highest BCUT2D eigenvalue weighted by Crippen LogP contribution is 2.12. The largest absolute Gasteiger partial charge is 0.481 e. The first kappa shape index (κ1) is 11.3. The van der Waals surface area contributed by atoms with Crippen molar-refractivity contribution in [3.63, 3.8) is 0 Å². The molecular weight excluding hydrogens is 192 g/mol. The Hall–Kier alpha value is -1.79. The number of hydrogen-bond donors (Lipinski definition) is 2. The molecule has 3 nitrogen and oxygen atoms in total. The van der Waals surface area contributed by atoms with Gasteiger partial charge in [0.05, 0.1) is 6.61 Å². The van der Waals surface area contributed by atoms with Crippen molar-refractivity contribution in [1.29, 1.82) is 0 Å². The number of benzene rings is 1. The van der Waals surface area contributed by atoms with Crippen LogP contribution in [0.3, 0.4) is 0 Å². The Labute approximate surface area is 88.4 Å². The molecule has 0 saturated carbocycles. The second kappa shape index (κ2) is 5.18. The molecule has 78 valence electrons. The molecular formula is C12H12O3. The van der Waals surface area contributed by atoms with Crippen molar-refractivity contribution in [1.82, 2.24) is 0 Å². The summed E-state index contributed by atoms with van der Waals surface area (Å²) >= 11 is 0. The highest BCUT2D eigenvalue weighted by Gasteiger charge is 2.00. The lowest BCUT2D eigenvalue weighted by molar-refractivity contribution is -0.135. The van der Waals surface area contributed by atoms with Crippen LogP contribution in [0.5, 0.6) is 0 Å². The summed E-state index contributed by atoms with van der Waals surface area (Å²) < 4.78 is 0. The van der Waals surface area contributed by atoms with E-state index in [4.69, 9.17) is 10.2 Å². The highest BCUT2D eigenvalue weighted by molar-refractivity contribution is 5.70. The van der Waals surface area contributed by atoms with Gasteiger partial charge in [-0.3, -0.25) is 4.79 Å². The van der Waals surface area contributed by atoms with E-state index in [1.165, 1.54) is 0 Å². The first-order chi connectivity index (χ1) is 7.15. The number of carboxylic acids is 1. The zero-order chi connectivity index (χ0) is 11.3. The maximum absolute atomic E-state index is 10.3. The summed E-state index contributed by atoms with van der Waals surface area (Å²) in [5.41, 5.74) is 2.48. The van der Waals surface area contributed by atoms with E-state index in [0.29, 0.717) is 0 Å². The summed E-state index contributed by atoms with van der Waals surface area (Å²) in [5, 5.41) is 17.4. The van der Waals surface area contributed by atoms with Gasteiger partial charge < -0.3 is 10.2 Å². The Bertz CT molecular complexity index is 424. The third-order valence-corrected chi connectivity index (χ3v) is 2.08. The van der Waals surface area contributed by atoms with E-state index in [-0.39, 0.29) is 13.0 Å². The van der Waals surface area contributed by atoms with E-state index in [1.54, 1.807) is 6.07 Å². The molecule has 0 radical (unpaired) electrons. The number of rotatable bonds is 2. The van der Waals surface area contributed by atoms with E-state index < -0.39 is 5.97 Å². The predicted octanol–water partition coefficient (Wildman–Crippen LogP) is 1.31. The topological polar surface area (TPSA) is 57.5 Å². The minimum absolute atomic E-state index is 0.0275. The predicted molar refractivity (Wildman–Crippen MR) is 56.2 cm³/mol. The van der Waals surface area contributed by atoms with Crippen molar-refractivity contribution >= 4 is 5.97 Å². The summed E-state index contributed by atoms with van der Waals surface area (Å²) in [5.74, 6) is 4.41.